The Morgan fingerprint density at radius 2 is 1.56 bits per heavy atom. The molecule has 0 aliphatic heterocycles. The maximum Gasteiger partial charge on any atom is 0.326 e. The zero-order chi connectivity index (χ0) is 30.5. The van der Waals surface area contributed by atoms with Crippen LogP contribution in [0.1, 0.15) is 31.2 Å². The molecule has 1 aromatic carbocycles. The highest BCUT2D eigenvalue weighted by atomic mass is 32.1. The molecule has 224 valence electrons. The first-order chi connectivity index (χ1) is 19.4. The number of H-pyrrole nitrogens is 1. The van der Waals surface area contributed by atoms with E-state index >= 15 is 0 Å². The molecule has 16 heteroatoms. The molecular weight excluding hydrogens is 556 g/mol. The molecule has 4 unspecified atom stereocenters. The summed E-state index contributed by atoms with van der Waals surface area (Å²) in [4.78, 5) is 68.8. The number of aliphatic carboxylic acids is 2. The number of nitrogens with zero attached hydrogens (tertiary/aromatic N) is 1. The number of hydrogen-bond donors (Lipinski definition) is 10. The number of guanidine groups is 1. The Bertz CT molecular complexity index is 1260. The number of benzene rings is 1. The predicted molar refractivity (Wildman–Crippen MR) is 154 cm³/mol. The number of thiol groups is 1. The summed E-state index contributed by atoms with van der Waals surface area (Å²) in [5.74, 6) is -4.99. The van der Waals surface area contributed by atoms with E-state index in [1.807, 2.05) is 18.2 Å². The molecule has 41 heavy (non-hydrogen) atoms. The van der Waals surface area contributed by atoms with E-state index < -0.39 is 60.2 Å². The standard InChI is InChI=1S/C25H36N8O7S/c26-15(12-41)21(36)31-17(6-3-9-29-25(27)28)22(37)33-19(10-13-11-30-16-5-2-1-4-14(13)16)23(38)32-18(24(39)40)7-8-20(34)35/h1-2,4-5,11,15,17-19,30,41H,3,6-10,12,26H2,(H,31,36)(H,32,38)(H,33,37)(H,34,35)(H,39,40)(H4,27,28,29). The summed E-state index contributed by atoms with van der Waals surface area (Å²) in [6.07, 6.45) is 1.14. The van der Waals surface area contributed by atoms with Gasteiger partial charge in [-0.3, -0.25) is 24.2 Å². The first-order valence-corrected chi connectivity index (χ1v) is 13.4. The minimum atomic E-state index is -1.51. The van der Waals surface area contributed by atoms with E-state index in [-0.39, 0.29) is 37.5 Å². The van der Waals surface area contributed by atoms with Gasteiger partial charge in [0.1, 0.15) is 18.1 Å². The monoisotopic (exact) mass is 592 g/mol. The van der Waals surface area contributed by atoms with Crippen molar-refractivity contribution in [1.29, 1.82) is 0 Å². The number of nitrogens with two attached hydrogens (primary N) is 3. The molecule has 0 saturated carbocycles. The second-order valence-electron chi connectivity index (χ2n) is 9.26. The van der Waals surface area contributed by atoms with E-state index in [9.17, 15) is 29.1 Å². The number of nitrogens with one attached hydrogen (secondary N) is 4. The fourth-order valence-electron chi connectivity index (χ4n) is 3.93. The summed E-state index contributed by atoms with van der Waals surface area (Å²) in [6, 6.07) is 2.33. The molecule has 0 radical (unpaired) electrons. The Morgan fingerprint density at radius 1 is 0.927 bits per heavy atom. The van der Waals surface area contributed by atoms with Gasteiger partial charge in [0.2, 0.25) is 17.7 Å². The molecule has 2 rings (SSSR count). The largest absolute Gasteiger partial charge is 0.481 e. The Morgan fingerprint density at radius 3 is 2.20 bits per heavy atom. The van der Waals surface area contributed by atoms with Crippen molar-refractivity contribution in [2.24, 2.45) is 22.2 Å². The molecule has 12 N–H and O–H groups in total. The third kappa shape index (κ3) is 10.6. The van der Waals surface area contributed by atoms with E-state index in [0.29, 0.717) is 12.0 Å². The number of carboxylic acids is 2. The highest BCUT2D eigenvalue weighted by molar-refractivity contribution is 7.80. The number of aromatic nitrogens is 1. The highest BCUT2D eigenvalue weighted by Gasteiger charge is 2.31. The first kappa shape index (κ1) is 32.9. The van der Waals surface area contributed by atoms with Crippen LogP contribution in [-0.2, 0) is 30.4 Å². The van der Waals surface area contributed by atoms with E-state index in [0.717, 1.165) is 10.9 Å². The third-order valence-corrected chi connectivity index (χ3v) is 6.50. The lowest BCUT2D eigenvalue weighted by Gasteiger charge is -2.25. The van der Waals surface area contributed by atoms with Crippen molar-refractivity contribution >= 4 is 59.2 Å². The molecule has 1 heterocycles. The summed E-state index contributed by atoms with van der Waals surface area (Å²) >= 11 is 4.00. The van der Waals surface area contributed by atoms with Crippen LogP contribution in [-0.4, -0.2) is 87.3 Å². The molecule has 0 saturated heterocycles. The van der Waals surface area contributed by atoms with E-state index in [1.165, 1.54) is 0 Å². The molecule has 3 amide bonds. The fourth-order valence-corrected chi connectivity index (χ4v) is 4.10. The molecule has 0 fully saturated rings. The number of rotatable bonds is 17. The number of hydrogen-bond acceptors (Lipinski definition) is 8. The van der Waals surface area contributed by atoms with Crippen molar-refractivity contribution in [1.82, 2.24) is 20.9 Å². The molecule has 2 aromatic rings. The van der Waals surface area contributed by atoms with Crippen LogP contribution in [0.15, 0.2) is 35.5 Å². The Kier molecular flexibility index (Phi) is 12.9. The van der Waals surface area contributed by atoms with E-state index in [2.05, 4.69) is 38.6 Å². The maximum absolute atomic E-state index is 13.4. The molecule has 0 aliphatic rings. The Hall–Kier alpha value is -4.31. The van der Waals surface area contributed by atoms with Crippen LogP contribution in [0.2, 0.25) is 0 Å². The summed E-state index contributed by atoms with van der Waals surface area (Å²) in [6.45, 7) is 0.170. The second kappa shape index (κ2) is 16.1. The van der Waals surface area contributed by atoms with Gasteiger partial charge in [-0.1, -0.05) is 18.2 Å². The van der Waals surface area contributed by atoms with Crippen molar-refractivity contribution in [2.45, 2.75) is 56.3 Å². The topological polar surface area (TPSA) is 268 Å². The Labute approximate surface area is 241 Å². The van der Waals surface area contributed by atoms with Gasteiger partial charge in [0.25, 0.3) is 0 Å². The summed E-state index contributed by atoms with van der Waals surface area (Å²) in [7, 11) is 0. The fraction of sp³-hybridized carbons (Fsp3) is 0.440. The quantitative estimate of drug-likeness (QED) is 0.0436. The van der Waals surface area contributed by atoms with Crippen molar-refractivity contribution in [3.8, 4) is 0 Å². The molecular formula is C25H36N8O7S. The van der Waals surface area contributed by atoms with Gasteiger partial charge in [-0.15, -0.1) is 0 Å². The smallest absolute Gasteiger partial charge is 0.326 e. The van der Waals surface area contributed by atoms with E-state index in [1.54, 1.807) is 12.3 Å². The number of fused-ring (bicyclic) bond motifs is 1. The molecule has 0 spiro atoms. The lowest BCUT2D eigenvalue weighted by Crippen LogP contribution is -2.57. The van der Waals surface area contributed by atoms with Gasteiger partial charge in [-0.2, -0.15) is 12.6 Å². The maximum atomic E-state index is 13.4. The third-order valence-electron chi connectivity index (χ3n) is 6.11. The molecule has 0 bridgehead atoms. The number of amides is 3. The van der Waals surface area contributed by atoms with Crippen molar-refractivity contribution in [3.05, 3.63) is 36.0 Å². The van der Waals surface area contributed by atoms with E-state index in [4.69, 9.17) is 22.3 Å². The second-order valence-corrected chi connectivity index (χ2v) is 9.62. The van der Waals surface area contributed by atoms with Crippen LogP contribution in [0.5, 0.6) is 0 Å². The number of aromatic amines is 1. The molecule has 1 aromatic heterocycles. The van der Waals surface area contributed by atoms with Crippen molar-refractivity contribution in [2.75, 3.05) is 12.3 Å². The van der Waals surface area contributed by atoms with Gasteiger partial charge < -0.3 is 48.3 Å². The highest BCUT2D eigenvalue weighted by Crippen LogP contribution is 2.19. The van der Waals surface area contributed by atoms with Crippen LogP contribution < -0.4 is 33.2 Å². The molecule has 4 atom stereocenters. The van der Waals surface area contributed by atoms with Crippen LogP contribution >= 0.6 is 12.6 Å². The summed E-state index contributed by atoms with van der Waals surface area (Å²) in [5, 5.41) is 26.7. The van der Waals surface area contributed by atoms with Crippen LogP contribution in [0.3, 0.4) is 0 Å². The zero-order valence-electron chi connectivity index (χ0n) is 22.2. The van der Waals surface area contributed by atoms with Crippen LogP contribution in [0.4, 0.5) is 0 Å². The lowest BCUT2D eigenvalue weighted by atomic mass is 10.0. The van der Waals surface area contributed by atoms with Gasteiger partial charge >= 0.3 is 11.9 Å². The van der Waals surface area contributed by atoms with Gasteiger partial charge in [-0.05, 0) is 30.9 Å². The summed E-state index contributed by atoms with van der Waals surface area (Å²) < 4.78 is 0. The SMILES string of the molecule is NC(N)=NCCCC(NC(=O)C(N)CS)C(=O)NC(Cc1c[nH]c2ccccc12)C(=O)NC(CCC(=O)O)C(=O)O. The minimum absolute atomic E-state index is 0.0205. The van der Waals surface area contributed by atoms with Gasteiger partial charge in [0.15, 0.2) is 5.96 Å². The Balaban J connectivity index is 2.32. The average molecular weight is 593 g/mol. The number of carboxylic acid groups (broad SMARTS) is 2. The van der Waals surface area contributed by atoms with Crippen LogP contribution in [0, 0.1) is 0 Å². The summed E-state index contributed by atoms with van der Waals surface area (Å²) in [5.41, 5.74) is 17.9. The van der Waals surface area contributed by atoms with Gasteiger partial charge in [0, 0.05) is 42.2 Å². The van der Waals surface area contributed by atoms with Gasteiger partial charge in [-0.25, -0.2) is 4.79 Å². The zero-order valence-corrected chi connectivity index (χ0v) is 23.1. The number of carbonyl (C=O) groups is 5. The molecule has 15 nitrogen and oxygen atoms in total. The van der Waals surface area contributed by atoms with Gasteiger partial charge in [0.05, 0.1) is 6.04 Å². The van der Waals surface area contributed by atoms with Crippen LogP contribution in [0.25, 0.3) is 10.9 Å². The first-order valence-electron chi connectivity index (χ1n) is 12.8. The van der Waals surface area contributed by atoms with Crippen molar-refractivity contribution < 1.29 is 34.2 Å². The number of aliphatic imine (C=N–C) groups is 1. The lowest BCUT2D eigenvalue weighted by molar-refractivity contribution is -0.143. The normalized spacial score (nSPS) is 13.8. The number of carbonyl (C=O) groups excluding carboxylic acids is 3. The predicted octanol–water partition coefficient (Wildman–Crippen LogP) is -1.58. The van der Waals surface area contributed by atoms with Crippen molar-refractivity contribution in [3.63, 3.8) is 0 Å². The molecule has 0 aliphatic carbocycles. The number of para-hydroxylation sites is 1. The minimum Gasteiger partial charge on any atom is -0.481 e. The average Bonchev–Trinajstić information content (AvgIpc) is 3.33.